The standard InChI is InChI=1S/C21H24F2N2O2/c1-3-12-24-21(27)15(2)25(14-17-6-10-19(23)11-7-17)20(26)13-16-4-8-18(22)9-5-16/h4-11,15H,3,12-14H2,1-2H3,(H,24,27). The van der Waals surface area contributed by atoms with Crippen molar-refractivity contribution >= 4 is 11.8 Å². The lowest BCUT2D eigenvalue weighted by Gasteiger charge is -2.29. The largest absolute Gasteiger partial charge is 0.354 e. The smallest absolute Gasteiger partial charge is 0.242 e. The molecule has 0 radical (unpaired) electrons. The fourth-order valence-electron chi connectivity index (χ4n) is 2.64. The Morgan fingerprint density at radius 3 is 2.00 bits per heavy atom. The van der Waals surface area contributed by atoms with Gasteiger partial charge in [-0.15, -0.1) is 0 Å². The third-order valence-electron chi connectivity index (χ3n) is 4.25. The number of benzene rings is 2. The first-order chi connectivity index (χ1) is 12.9. The summed E-state index contributed by atoms with van der Waals surface area (Å²) >= 11 is 0. The van der Waals surface area contributed by atoms with Crippen molar-refractivity contribution < 1.29 is 18.4 Å². The van der Waals surface area contributed by atoms with Gasteiger partial charge in [-0.1, -0.05) is 31.2 Å². The number of halogens is 2. The van der Waals surface area contributed by atoms with Crippen molar-refractivity contribution in [3.63, 3.8) is 0 Å². The van der Waals surface area contributed by atoms with Gasteiger partial charge in [-0.25, -0.2) is 8.78 Å². The van der Waals surface area contributed by atoms with Crippen LogP contribution in [0.25, 0.3) is 0 Å². The number of carbonyl (C=O) groups excluding carboxylic acids is 2. The van der Waals surface area contributed by atoms with Crippen LogP contribution in [0.1, 0.15) is 31.4 Å². The van der Waals surface area contributed by atoms with Crippen molar-refractivity contribution in [3.8, 4) is 0 Å². The van der Waals surface area contributed by atoms with Crippen LogP contribution in [0.2, 0.25) is 0 Å². The summed E-state index contributed by atoms with van der Waals surface area (Å²) in [5, 5.41) is 2.79. The van der Waals surface area contributed by atoms with Crippen LogP contribution in [0, 0.1) is 11.6 Å². The van der Waals surface area contributed by atoms with E-state index < -0.39 is 6.04 Å². The van der Waals surface area contributed by atoms with E-state index in [4.69, 9.17) is 0 Å². The molecular weight excluding hydrogens is 350 g/mol. The van der Waals surface area contributed by atoms with Gasteiger partial charge in [-0.05, 0) is 48.7 Å². The molecule has 0 heterocycles. The zero-order valence-electron chi connectivity index (χ0n) is 15.5. The Bertz CT molecular complexity index is 761. The SMILES string of the molecule is CCCNC(=O)C(C)N(Cc1ccc(F)cc1)C(=O)Cc1ccc(F)cc1. The molecule has 0 aliphatic rings. The Morgan fingerprint density at radius 1 is 0.963 bits per heavy atom. The van der Waals surface area contributed by atoms with Crippen LogP contribution in [-0.2, 0) is 22.6 Å². The Balaban J connectivity index is 2.18. The molecule has 1 unspecified atom stereocenters. The topological polar surface area (TPSA) is 49.4 Å². The number of nitrogens with zero attached hydrogens (tertiary/aromatic N) is 1. The van der Waals surface area contributed by atoms with Crippen molar-refractivity contribution in [2.75, 3.05) is 6.54 Å². The predicted octanol–water partition coefficient (Wildman–Crippen LogP) is 3.45. The molecule has 0 aliphatic heterocycles. The summed E-state index contributed by atoms with van der Waals surface area (Å²) in [6.07, 6.45) is 0.840. The van der Waals surface area contributed by atoms with Gasteiger partial charge in [-0.3, -0.25) is 9.59 Å². The molecule has 0 bridgehead atoms. The van der Waals surface area contributed by atoms with E-state index in [9.17, 15) is 18.4 Å². The van der Waals surface area contributed by atoms with Gasteiger partial charge in [0, 0.05) is 13.1 Å². The third-order valence-corrected chi connectivity index (χ3v) is 4.25. The number of hydrogen-bond acceptors (Lipinski definition) is 2. The summed E-state index contributed by atoms with van der Waals surface area (Å²) in [6, 6.07) is 10.8. The quantitative estimate of drug-likeness (QED) is 0.769. The van der Waals surface area contributed by atoms with Crippen molar-refractivity contribution in [3.05, 3.63) is 71.3 Å². The van der Waals surface area contributed by atoms with E-state index in [1.54, 1.807) is 31.2 Å². The molecule has 0 aliphatic carbocycles. The Kier molecular flexibility index (Phi) is 7.46. The molecule has 4 nitrogen and oxygen atoms in total. The summed E-state index contributed by atoms with van der Waals surface area (Å²) in [5.41, 5.74) is 1.38. The molecule has 6 heteroatoms. The number of nitrogens with one attached hydrogen (secondary N) is 1. The van der Waals surface area contributed by atoms with Gasteiger partial charge >= 0.3 is 0 Å². The first-order valence-corrected chi connectivity index (χ1v) is 8.96. The highest BCUT2D eigenvalue weighted by atomic mass is 19.1. The molecule has 144 valence electrons. The minimum atomic E-state index is -0.686. The van der Waals surface area contributed by atoms with E-state index in [0.29, 0.717) is 12.1 Å². The van der Waals surface area contributed by atoms with Crippen molar-refractivity contribution in [1.29, 1.82) is 0 Å². The van der Waals surface area contributed by atoms with Crippen LogP contribution < -0.4 is 5.32 Å². The lowest BCUT2D eigenvalue weighted by molar-refractivity contribution is -0.140. The molecule has 1 N–H and O–H groups in total. The van der Waals surface area contributed by atoms with Crippen LogP contribution >= 0.6 is 0 Å². The van der Waals surface area contributed by atoms with Crippen LogP contribution in [0.3, 0.4) is 0 Å². The number of rotatable bonds is 8. The fraction of sp³-hybridized carbons (Fsp3) is 0.333. The summed E-state index contributed by atoms with van der Waals surface area (Å²) in [7, 11) is 0. The zero-order chi connectivity index (χ0) is 19.8. The average molecular weight is 374 g/mol. The molecule has 0 saturated heterocycles. The first-order valence-electron chi connectivity index (χ1n) is 8.96. The molecule has 0 fully saturated rings. The maximum absolute atomic E-state index is 13.2. The zero-order valence-corrected chi connectivity index (χ0v) is 15.5. The number of amides is 2. The monoisotopic (exact) mass is 374 g/mol. The van der Waals surface area contributed by atoms with E-state index in [-0.39, 0.29) is 36.4 Å². The molecule has 2 amide bonds. The molecule has 0 aromatic heterocycles. The van der Waals surface area contributed by atoms with Crippen molar-refractivity contribution in [1.82, 2.24) is 10.2 Å². The van der Waals surface area contributed by atoms with Gasteiger partial charge in [0.2, 0.25) is 11.8 Å². The molecular formula is C21H24F2N2O2. The van der Waals surface area contributed by atoms with Crippen LogP contribution in [0.15, 0.2) is 48.5 Å². The second kappa shape index (κ2) is 9.80. The molecule has 1 atom stereocenters. The molecule has 2 aromatic rings. The maximum Gasteiger partial charge on any atom is 0.242 e. The first kappa shape index (κ1) is 20.6. The number of carbonyl (C=O) groups is 2. The Hall–Kier alpha value is -2.76. The summed E-state index contributed by atoms with van der Waals surface area (Å²) in [5.74, 6) is -1.24. The normalized spacial score (nSPS) is 11.7. The van der Waals surface area contributed by atoms with Crippen LogP contribution in [0.5, 0.6) is 0 Å². The van der Waals surface area contributed by atoms with Crippen LogP contribution in [0.4, 0.5) is 8.78 Å². The van der Waals surface area contributed by atoms with Gasteiger partial charge < -0.3 is 10.2 Å². The van der Waals surface area contributed by atoms with Gasteiger partial charge in [0.15, 0.2) is 0 Å². The second-order valence-electron chi connectivity index (χ2n) is 6.42. The van der Waals surface area contributed by atoms with Crippen LogP contribution in [-0.4, -0.2) is 29.3 Å². The lowest BCUT2D eigenvalue weighted by Crippen LogP contribution is -2.48. The van der Waals surface area contributed by atoms with Gasteiger partial charge in [0.05, 0.1) is 6.42 Å². The highest BCUT2D eigenvalue weighted by Gasteiger charge is 2.26. The number of hydrogen-bond donors (Lipinski definition) is 1. The van der Waals surface area contributed by atoms with E-state index in [1.165, 1.54) is 29.2 Å². The highest BCUT2D eigenvalue weighted by molar-refractivity contribution is 5.88. The van der Waals surface area contributed by atoms with Gasteiger partial charge in [-0.2, -0.15) is 0 Å². The molecule has 27 heavy (non-hydrogen) atoms. The Labute approximate surface area is 158 Å². The highest BCUT2D eigenvalue weighted by Crippen LogP contribution is 2.13. The minimum absolute atomic E-state index is 0.0485. The van der Waals surface area contributed by atoms with Crippen molar-refractivity contribution in [2.24, 2.45) is 0 Å². The summed E-state index contributed by atoms with van der Waals surface area (Å²) in [4.78, 5) is 26.7. The van der Waals surface area contributed by atoms with E-state index in [1.807, 2.05) is 6.92 Å². The van der Waals surface area contributed by atoms with E-state index >= 15 is 0 Å². The summed E-state index contributed by atoms with van der Waals surface area (Å²) < 4.78 is 26.2. The molecule has 0 spiro atoms. The van der Waals surface area contributed by atoms with Crippen molar-refractivity contribution in [2.45, 2.75) is 39.3 Å². The fourth-order valence-corrected chi connectivity index (χ4v) is 2.64. The predicted molar refractivity (Wildman–Crippen MR) is 99.8 cm³/mol. The molecule has 2 rings (SSSR count). The minimum Gasteiger partial charge on any atom is -0.354 e. The molecule has 2 aromatic carbocycles. The summed E-state index contributed by atoms with van der Waals surface area (Å²) in [6.45, 7) is 4.32. The molecule has 0 saturated carbocycles. The second-order valence-corrected chi connectivity index (χ2v) is 6.42. The van der Waals surface area contributed by atoms with Gasteiger partial charge in [0.1, 0.15) is 17.7 Å². The average Bonchev–Trinajstić information content (AvgIpc) is 2.66. The maximum atomic E-state index is 13.2. The van der Waals surface area contributed by atoms with E-state index in [2.05, 4.69) is 5.32 Å². The van der Waals surface area contributed by atoms with Gasteiger partial charge in [0.25, 0.3) is 0 Å². The lowest BCUT2D eigenvalue weighted by atomic mass is 10.1. The third kappa shape index (κ3) is 6.16. The van der Waals surface area contributed by atoms with E-state index in [0.717, 1.165) is 12.0 Å². The Morgan fingerprint density at radius 2 is 1.48 bits per heavy atom.